The van der Waals surface area contributed by atoms with E-state index in [0.717, 1.165) is 27.6 Å². The number of nitrogens with two attached hydrogens (primary N) is 2. The van der Waals surface area contributed by atoms with Crippen molar-refractivity contribution in [2.45, 2.75) is 0 Å². The summed E-state index contributed by atoms with van der Waals surface area (Å²) in [6.45, 7) is 0. The first-order valence-corrected chi connectivity index (χ1v) is 7.05. The predicted octanol–water partition coefficient (Wildman–Crippen LogP) is 2.52. The van der Waals surface area contributed by atoms with Crippen LogP contribution in [0.2, 0.25) is 0 Å². The molecule has 5 N–H and O–H groups in total. The molecule has 0 aliphatic rings. The zero-order chi connectivity index (χ0) is 16.2. The predicted molar refractivity (Wildman–Crippen MR) is 91.2 cm³/mol. The number of hydrogen-bond acceptors (Lipinski definition) is 5. The van der Waals surface area contributed by atoms with Gasteiger partial charge in [-0.2, -0.15) is 5.26 Å². The highest BCUT2D eigenvalue weighted by Crippen LogP contribution is 2.29. The largest absolute Gasteiger partial charge is 0.396 e. The van der Waals surface area contributed by atoms with Crippen LogP contribution < -0.4 is 17.0 Å². The standard InChI is InChI=1S/C18H15N5/c19-11-17(23-21)18(20)13-5-1-4-12(10-13)14-6-2-8-16-15(14)7-3-9-22-16/h1-10,23H,20-21H2/b18-17-. The van der Waals surface area contributed by atoms with Crippen LogP contribution in [0, 0.1) is 11.3 Å². The number of nitrogens with zero attached hydrogens (tertiary/aromatic N) is 2. The molecule has 0 unspecified atom stereocenters. The minimum absolute atomic E-state index is 0.140. The van der Waals surface area contributed by atoms with Gasteiger partial charge in [0, 0.05) is 17.1 Å². The van der Waals surface area contributed by atoms with Crippen molar-refractivity contribution in [3.63, 3.8) is 0 Å². The van der Waals surface area contributed by atoms with Crippen molar-refractivity contribution in [2.75, 3.05) is 0 Å². The van der Waals surface area contributed by atoms with Crippen molar-refractivity contribution >= 4 is 16.6 Å². The number of pyridine rings is 1. The van der Waals surface area contributed by atoms with Gasteiger partial charge in [0.05, 0.1) is 11.2 Å². The van der Waals surface area contributed by atoms with Crippen LogP contribution >= 0.6 is 0 Å². The molecule has 112 valence electrons. The summed E-state index contributed by atoms with van der Waals surface area (Å²) in [6, 6.07) is 19.6. The van der Waals surface area contributed by atoms with E-state index in [1.54, 1.807) is 6.20 Å². The van der Waals surface area contributed by atoms with Gasteiger partial charge in [-0.3, -0.25) is 4.98 Å². The average molecular weight is 301 g/mol. The van der Waals surface area contributed by atoms with E-state index in [1.165, 1.54) is 0 Å². The average Bonchev–Trinajstić information content (AvgIpc) is 2.62. The number of hydrazine groups is 1. The maximum Gasteiger partial charge on any atom is 0.151 e. The number of rotatable bonds is 3. The van der Waals surface area contributed by atoms with E-state index in [1.807, 2.05) is 60.7 Å². The second-order valence-corrected chi connectivity index (χ2v) is 5.00. The third kappa shape index (κ3) is 2.71. The van der Waals surface area contributed by atoms with Gasteiger partial charge in [-0.25, -0.2) is 5.84 Å². The molecular weight excluding hydrogens is 286 g/mol. The fourth-order valence-electron chi connectivity index (χ4n) is 2.52. The minimum atomic E-state index is 0.140. The Labute approximate surface area is 133 Å². The highest BCUT2D eigenvalue weighted by Gasteiger charge is 2.08. The summed E-state index contributed by atoms with van der Waals surface area (Å²) in [7, 11) is 0. The van der Waals surface area contributed by atoms with Crippen LogP contribution in [-0.2, 0) is 0 Å². The van der Waals surface area contributed by atoms with Gasteiger partial charge in [0.25, 0.3) is 0 Å². The van der Waals surface area contributed by atoms with E-state index in [0.29, 0.717) is 5.70 Å². The number of allylic oxidation sites excluding steroid dienone is 1. The van der Waals surface area contributed by atoms with Gasteiger partial charge in [0.2, 0.25) is 0 Å². The molecule has 0 saturated carbocycles. The number of fused-ring (bicyclic) bond motifs is 1. The second kappa shape index (κ2) is 6.18. The maximum absolute atomic E-state index is 9.05. The first-order chi connectivity index (χ1) is 11.2. The van der Waals surface area contributed by atoms with E-state index in [4.69, 9.17) is 16.8 Å². The molecule has 3 aromatic rings. The normalized spacial score (nSPS) is 11.7. The number of hydrogen-bond donors (Lipinski definition) is 3. The lowest BCUT2D eigenvalue weighted by molar-refractivity contribution is 0.920. The molecule has 0 fully saturated rings. The van der Waals surface area contributed by atoms with Crippen molar-refractivity contribution in [3.8, 4) is 17.2 Å². The first kappa shape index (κ1) is 14.6. The zero-order valence-electron chi connectivity index (χ0n) is 12.3. The fraction of sp³-hybridized carbons (Fsp3) is 0. The summed E-state index contributed by atoms with van der Waals surface area (Å²) in [5, 5.41) is 10.1. The van der Waals surface area contributed by atoms with Crippen LogP contribution in [-0.4, -0.2) is 4.98 Å². The molecule has 2 aromatic carbocycles. The van der Waals surface area contributed by atoms with Gasteiger partial charge < -0.3 is 11.2 Å². The lowest BCUT2D eigenvalue weighted by Crippen LogP contribution is -2.23. The Morgan fingerprint density at radius 3 is 2.70 bits per heavy atom. The Morgan fingerprint density at radius 2 is 1.91 bits per heavy atom. The molecule has 0 amide bonds. The molecule has 0 atom stereocenters. The Hall–Kier alpha value is -3.36. The van der Waals surface area contributed by atoms with E-state index in [2.05, 4.69) is 10.4 Å². The number of nitriles is 1. The minimum Gasteiger partial charge on any atom is -0.396 e. The second-order valence-electron chi connectivity index (χ2n) is 5.00. The highest BCUT2D eigenvalue weighted by molar-refractivity contribution is 5.95. The molecule has 5 nitrogen and oxygen atoms in total. The number of aromatic nitrogens is 1. The summed E-state index contributed by atoms with van der Waals surface area (Å²) < 4.78 is 0. The van der Waals surface area contributed by atoms with Crippen molar-refractivity contribution in [1.82, 2.24) is 10.4 Å². The third-order valence-corrected chi connectivity index (χ3v) is 3.66. The molecule has 0 bridgehead atoms. The zero-order valence-corrected chi connectivity index (χ0v) is 12.3. The smallest absolute Gasteiger partial charge is 0.151 e. The van der Waals surface area contributed by atoms with Crippen LogP contribution in [0.5, 0.6) is 0 Å². The Bertz CT molecular complexity index is 932. The molecule has 0 saturated heterocycles. The quantitative estimate of drug-likeness (QED) is 0.392. The number of nitrogens with one attached hydrogen (secondary N) is 1. The van der Waals surface area contributed by atoms with Gasteiger partial charge in [0.1, 0.15) is 6.07 Å². The molecule has 23 heavy (non-hydrogen) atoms. The molecule has 3 rings (SSSR count). The molecule has 0 radical (unpaired) electrons. The molecule has 5 heteroatoms. The summed E-state index contributed by atoms with van der Waals surface area (Å²) in [6.07, 6.45) is 1.77. The topological polar surface area (TPSA) is 101 Å². The lowest BCUT2D eigenvalue weighted by Gasteiger charge is -2.10. The van der Waals surface area contributed by atoms with Crippen molar-refractivity contribution < 1.29 is 0 Å². The Kier molecular flexibility index (Phi) is 3.91. The van der Waals surface area contributed by atoms with Gasteiger partial charge in [-0.1, -0.05) is 36.4 Å². The van der Waals surface area contributed by atoms with E-state index < -0.39 is 0 Å². The SMILES string of the molecule is N#C/C(NN)=C(/N)c1cccc(-c2cccc3ncccc23)c1. The van der Waals surface area contributed by atoms with E-state index in [9.17, 15) is 0 Å². The van der Waals surface area contributed by atoms with Gasteiger partial charge >= 0.3 is 0 Å². The first-order valence-electron chi connectivity index (χ1n) is 7.05. The van der Waals surface area contributed by atoms with Gasteiger partial charge in [0.15, 0.2) is 5.70 Å². The molecule has 0 spiro atoms. The van der Waals surface area contributed by atoms with Crippen molar-refractivity contribution in [3.05, 3.63) is 72.1 Å². The molecule has 1 heterocycles. The summed E-state index contributed by atoms with van der Waals surface area (Å²) in [5.41, 5.74) is 12.5. The summed E-state index contributed by atoms with van der Waals surface area (Å²) >= 11 is 0. The summed E-state index contributed by atoms with van der Waals surface area (Å²) in [4.78, 5) is 4.38. The van der Waals surface area contributed by atoms with Gasteiger partial charge in [-0.15, -0.1) is 0 Å². The Balaban J connectivity index is 2.17. The van der Waals surface area contributed by atoms with Crippen LogP contribution in [0.25, 0.3) is 27.7 Å². The lowest BCUT2D eigenvalue weighted by atomic mass is 9.98. The van der Waals surface area contributed by atoms with Crippen molar-refractivity contribution in [1.29, 1.82) is 5.26 Å². The van der Waals surface area contributed by atoms with E-state index in [-0.39, 0.29) is 5.70 Å². The van der Waals surface area contributed by atoms with Crippen LogP contribution in [0.15, 0.2) is 66.5 Å². The van der Waals surface area contributed by atoms with Crippen LogP contribution in [0.1, 0.15) is 5.56 Å². The van der Waals surface area contributed by atoms with E-state index >= 15 is 0 Å². The van der Waals surface area contributed by atoms with Crippen LogP contribution in [0.3, 0.4) is 0 Å². The number of benzene rings is 2. The summed E-state index contributed by atoms with van der Waals surface area (Å²) in [5.74, 6) is 5.33. The monoisotopic (exact) mass is 301 g/mol. The molecule has 1 aromatic heterocycles. The maximum atomic E-state index is 9.05. The Morgan fingerprint density at radius 1 is 1.09 bits per heavy atom. The van der Waals surface area contributed by atoms with Crippen molar-refractivity contribution in [2.24, 2.45) is 11.6 Å². The fourth-order valence-corrected chi connectivity index (χ4v) is 2.52. The van der Waals surface area contributed by atoms with Crippen LogP contribution in [0.4, 0.5) is 0 Å². The molecule has 0 aliphatic carbocycles. The molecular formula is C18H15N5. The molecule has 0 aliphatic heterocycles. The highest BCUT2D eigenvalue weighted by atomic mass is 15.2. The third-order valence-electron chi connectivity index (χ3n) is 3.66. The van der Waals surface area contributed by atoms with Gasteiger partial charge in [-0.05, 0) is 29.3 Å².